The Labute approximate surface area is 84.3 Å². The van der Waals surface area contributed by atoms with Crippen LogP contribution in [0, 0.1) is 0 Å². The minimum Gasteiger partial charge on any atom is -0.493 e. The maximum Gasteiger partial charge on any atom is 0.127 e. The summed E-state index contributed by atoms with van der Waals surface area (Å²) < 4.78 is 5.77. The minimum absolute atomic E-state index is 0.544. The van der Waals surface area contributed by atoms with E-state index in [9.17, 15) is 0 Å². The molecule has 0 amide bonds. The SMILES string of the molecule is c1cc2c(c([C@H]3CCN3)c1)OCCC2. The fraction of sp³-hybridized carbons (Fsp3) is 0.500. The van der Waals surface area contributed by atoms with Gasteiger partial charge in [-0.25, -0.2) is 0 Å². The number of nitrogens with one attached hydrogen (secondary N) is 1. The van der Waals surface area contributed by atoms with Crippen LogP contribution in [0.5, 0.6) is 5.75 Å². The van der Waals surface area contributed by atoms with Crippen LogP contribution in [0.15, 0.2) is 18.2 Å². The van der Waals surface area contributed by atoms with E-state index in [4.69, 9.17) is 4.74 Å². The van der Waals surface area contributed by atoms with Crippen molar-refractivity contribution in [2.45, 2.75) is 25.3 Å². The number of hydrogen-bond donors (Lipinski definition) is 1. The quantitative estimate of drug-likeness (QED) is 0.730. The average molecular weight is 189 g/mol. The Kier molecular flexibility index (Phi) is 1.95. The van der Waals surface area contributed by atoms with Crippen molar-refractivity contribution in [1.29, 1.82) is 0 Å². The molecule has 0 aliphatic carbocycles. The van der Waals surface area contributed by atoms with Gasteiger partial charge in [-0.2, -0.15) is 0 Å². The second-order valence-corrected chi connectivity index (χ2v) is 4.08. The van der Waals surface area contributed by atoms with Crippen molar-refractivity contribution in [3.8, 4) is 5.75 Å². The van der Waals surface area contributed by atoms with Gasteiger partial charge in [0.05, 0.1) is 6.61 Å². The molecular formula is C12H15NO. The zero-order valence-corrected chi connectivity index (χ0v) is 8.25. The Hall–Kier alpha value is -1.02. The van der Waals surface area contributed by atoms with Crippen molar-refractivity contribution in [2.24, 2.45) is 0 Å². The lowest BCUT2D eigenvalue weighted by molar-refractivity contribution is 0.274. The van der Waals surface area contributed by atoms with Gasteiger partial charge in [0.25, 0.3) is 0 Å². The Balaban J connectivity index is 2.01. The summed E-state index contributed by atoms with van der Waals surface area (Å²) in [6, 6.07) is 7.09. The predicted octanol–water partition coefficient (Wildman–Crippen LogP) is 2.05. The van der Waals surface area contributed by atoms with Crippen LogP contribution >= 0.6 is 0 Å². The van der Waals surface area contributed by atoms with E-state index in [-0.39, 0.29) is 0 Å². The lowest BCUT2D eigenvalue weighted by Gasteiger charge is -2.31. The fourth-order valence-corrected chi connectivity index (χ4v) is 2.24. The molecule has 2 aliphatic rings. The normalized spacial score (nSPS) is 24.7. The van der Waals surface area contributed by atoms with E-state index in [2.05, 4.69) is 23.5 Å². The summed E-state index contributed by atoms with van der Waals surface area (Å²) in [7, 11) is 0. The van der Waals surface area contributed by atoms with Crippen molar-refractivity contribution < 1.29 is 4.74 Å². The van der Waals surface area contributed by atoms with Crippen LogP contribution < -0.4 is 10.1 Å². The van der Waals surface area contributed by atoms with Crippen LogP contribution in [0.2, 0.25) is 0 Å². The number of hydrogen-bond acceptors (Lipinski definition) is 2. The molecule has 1 atom stereocenters. The molecule has 1 aromatic carbocycles. The fourth-order valence-electron chi connectivity index (χ4n) is 2.24. The molecule has 0 radical (unpaired) electrons. The first kappa shape index (κ1) is 8.30. The number of para-hydroxylation sites is 1. The molecule has 0 unspecified atom stereocenters. The Morgan fingerprint density at radius 1 is 1.36 bits per heavy atom. The third-order valence-corrected chi connectivity index (χ3v) is 3.16. The third-order valence-electron chi connectivity index (χ3n) is 3.16. The second kappa shape index (κ2) is 3.28. The standard InChI is InChI=1S/C12H15NO/c1-3-9-4-2-8-14-12(9)10(5-1)11-6-7-13-11/h1,3,5,11,13H,2,4,6-8H2/t11-/m1/s1. The molecule has 1 fully saturated rings. The Morgan fingerprint density at radius 2 is 2.29 bits per heavy atom. The first-order valence-corrected chi connectivity index (χ1v) is 5.43. The highest BCUT2D eigenvalue weighted by Gasteiger charge is 2.24. The third kappa shape index (κ3) is 1.22. The summed E-state index contributed by atoms with van der Waals surface area (Å²) in [4.78, 5) is 0. The van der Waals surface area contributed by atoms with Crippen LogP contribution in [-0.4, -0.2) is 13.2 Å². The van der Waals surface area contributed by atoms with Gasteiger partial charge in [0, 0.05) is 11.6 Å². The van der Waals surface area contributed by atoms with Crippen LogP contribution in [0.4, 0.5) is 0 Å². The molecule has 74 valence electrons. The van der Waals surface area contributed by atoms with Crippen LogP contribution in [0.25, 0.3) is 0 Å². The summed E-state index contributed by atoms with van der Waals surface area (Å²) in [5.74, 6) is 1.16. The van der Waals surface area contributed by atoms with Crippen LogP contribution in [-0.2, 0) is 6.42 Å². The van der Waals surface area contributed by atoms with Gasteiger partial charge in [-0.3, -0.25) is 0 Å². The van der Waals surface area contributed by atoms with E-state index in [0.717, 1.165) is 25.3 Å². The topological polar surface area (TPSA) is 21.3 Å². The van der Waals surface area contributed by atoms with Crippen molar-refractivity contribution in [1.82, 2.24) is 5.32 Å². The first-order valence-electron chi connectivity index (χ1n) is 5.43. The molecule has 2 heterocycles. The Bertz CT molecular complexity index is 344. The first-order chi connectivity index (χ1) is 6.95. The van der Waals surface area contributed by atoms with E-state index >= 15 is 0 Å². The summed E-state index contributed by atoms with van der Waals surface area (Å²) in [6.07, 6.45) is 3.59. The lowest BCUT2D eigenvalue weighted by atomic mass is 9.93. The minimum atomic E-state index is 0.544. The second-order valence-electron chi connectivity index (χ2n) is 4.08. The zero-order chi connectivity index (χ0) is 9.38. The molecule has 2 aliphatic heterocycles. The molecule has 14 heavy (non-hydrogen) atoms. The Morgan fingerprint density at radius 3 is 3.07 bits per heavy atom. The van der Waals surface area contributed by atoms with Crippen LogP contribution in [0.3, 0.4) is 0 Å². The van der Waals surface area contributed by atoms with Gasteiger partial charge < -0.3 is 10.1 Å². The summed E-state index contributed by atoms with van der Waals surface area (Å²) in [6.45, 7) is 2.03. The van der Waals surface area contributed by atoms with Gasteiger partial charge in [-0.05, 0) is 31.4 Å². The molecule has 1 N–H and O–H groups in total. The van der Waals surface area contributed by atoms with Gasteiger partial charge >= 0.3 is 0 Å². The number of fused-ring (bicyclic) bond motifs is 1. The van der Waals surface area contributed by atoms with Crippen molar-refractivity contribution in [3.05, 3.63) is 29.3 Å². The highest BCUT2D eigenvalue weighted by molar-refractivity contribution is 5.45. The molecule has 0 bridgehead atoms. The van der Waals surface area contributed by atoms with E-state index in [1.807, 2.05) is 0 Å². The summed E-state index contributed by atoms with van der Waals surface area (Å²) in [5, 5.41) is 3.43. The zero-order valence-electron chi connectivity index (χ0n) is 8.25. The van der Waals surface area contributed by atoms with Crippen molar-refractivity contribution in [2.75, 3.05) is 13.2 Å². The largest absolute Gasteiger partial charge is 0.493 e. The lowest BCUT2D eigenvalue weighted by Crippen LogP contribution is -2.35. The number of benzene rings is 1. The van der Waals surface area contributed by atoms with E-state index in [0.29, 0.717) is 6.04 Å². The average Bonchev–Trinajstić information content (AvgIpc) is 2.16. The number of ether oxygens (including phenoxy) is 1. The highest BCUT2D eigenvalue weighted by Crippen LogP contribution is 2.36. The molecular weight excluding hydrogens is 174 g/mol. The van der Waals surface area contributed by atoms with Gasteiger partial charge in [-0.15, -0.1) is 0 Å². The van der Waals surface area contributed by atoms with Crippen molar-refractivity contribution in [3.63, 3.8) is 0 Å². The maximum atomic E-state index is 5.77. The maximum absolute atomic E-state index is 5.77. The molecule has 0 aromatic heterocycles. The molecule has 2 nitrogen and oxygen atoms in total. The van der Waals surface area contributed by atoms with Crippen molar-refractivity contribution >= 4 is 0 Å². The molecule has 3 rings (SSSR count). The molecule has 1 saturated heterocycles. The van der Waals surface area contributed by atoms with Crippen LogP contribution in [0.1, 0.15) is 30.0 Å². The summed E-state index contributed by atoms with van der Waals surface area (Å²) in [5.41, 5.74) is 2.76. The highest BCUT2D eigenvalue weighted by atomic mass is 16.5. The number of rotatable bonds is 1. The molecule has 2 heteroatoms. The summed E-state index contributed by atoms with van der Waals surface area (Å²) >= 11 is 0. The molecule has 0 spiro atoms. The molecule has 1 aromatic rings. The van der Waals surface area contributed by atoms with Gasteiger partial charge in [0.1, 0.15) is 5.75 Å². The van der Waals surface area contributed by atoms with Gasteiger partial charge in [0.15, 0.2) is 0 Å². The molecule has 0 saturated carbocycles. The smallest absolute Gasteiger partial charge is 0.127 e. The van der Waals surface area contributed by atoms with E-state index in [1.54, 1.807) is 0 Å². The van der Waals surface area contributed by atoms with E-state index in [1.165, 1.54) is 24.0 Å². The van der Waals surface area contributed by atoms with Gasteiger partial charge in [0.2, 0.25) is 0 Å². The van der Waals surface area contributed by atoms with E-state index < -0.39 is 0 Å². The predicted molar refractivity (Wildman–Crippen MR) is 55.6 cm³/mol. The monoisotopic (exact) mass is 189 g/mol. The number of aryl methyl sites for hydroxylation is 1. The van der Waals surface area contributed by atoms with Gasteiger partial charge in [-0.1, -0.05) is 18.2 Å².